The first-order valence-corrected chi connectivity index (χ1v) is 15.2. The number of rotatable bonds is 7. The van der Waals surface area contributed by atoms with E-state index in [0.717, 1.165) is 51.4 Å². The quantitative estimate of drug-likeness (QED) is 0.466. The number of hydrogen-bond donors (Lipinski definition) is 0. The van der Waals surface area contributed by atoms with Gasteiger partial charge in [-0.15, -0.1) is 0 Å². The van der Waals surface area contributed by atoms with Crippen LogP contribution in [0.4, 0.5) is 8.78 Å². The molecule has 0 aliphatic heterocycles. The first-order valence-electron chi connectivity index (χ1n) is 12.4. The number of sulfonamides is 1. The smallest absolute Gasteiger partial charge is 0.424 e. The Balaban J connectivity index is 1.14. The standard InChI is InChI=1S/C22H30F2NO7S2/c23-22(24,20(26)31-21-9-14-2-15(10-21)4-16(3-14)11-21)33(27,28)25-34(29,30)32-19-17-5-12-1-13(7-17)8-18(19)6-12/h12-19H,1-11H2/q-1. The molecule has 8 fully saturated rings. The highest BCUT2D eigenvalue weighted by molar-refractivity contribution is 8.11. The molecule has 0 saturated heterocycles. The molecule has 0 N–H and O–H groups in total. The van der Waals surface area contributed by atoms with Crippen LogP contribution in [0.2, 0.25) is 0 Å². The van der Waals surface area contributed by atoms with Crippen molar-refractivity contribution in [2.75, 3.05) is 0 Å². The second-order valence-corrected chi connectivity index (χ2v) is 15.1. The summed E-state index contributed by atoms with van der Waals surface area (Å²) in [4.78, 5) is 12.4. The zero-order chi connectivity index (χ0) is 24.1. The van der Waals surface area contributed by atoms with Crippen molar-refractivity contribution >= 4 is 26.3 Å². The Kier molecular flexibility index (Phi) is 5.25. The minimum atomic E-state index is -6.07. The number of alkyl halides is 2. The van der Waals surface area contributed by atoms with Crippen LogP contribution in [0.25, 0.3) is 4.13 Å². The van der Waals surface area contributed by atoms with Gasteiger partial charge in [0.2, 0.25) is 10.3 Å². The molecule has 192 valence electrons. The fraction of sp³-hybridized carbons (Fsp3) is 0.955. The van der Waals surface area contributed by atoms with Gasteiger partial charge in [0.1, 0.15) is 5.60 Å². The van der Waals surface area contributed by atoms with Gasteiger partial charge >= 0.3 is 11.2 Å². The highest BCUT2D eigenvalue weighted by Gasteiger charge is 2.58. The summed E-state index contributed by atoms with van der Waals surface area (Å²) in [5, 5.41) is -5.11. The number of esters is 1. The van der Waals surface area contributed by atoms with Crippen molar-refractivity contribution in [3.8, 4) is 0 Å². The van der Waals surface area contributed by atoms with Crippen LogP contribution in [0.15, 0.2) is 0 Å². The Morgan fingerprint density at radius 3 is 1.68 bits per heavy atom. The monoisotopic (exact) mass is 522 g/mol. The van der Waals surface area contributed by atoms with Crippen molar-refractivity contribution in [2.45, 2.75) is 87.6 Å². The van der Waals surface area contributed by atoms with Crippen molar-refractivity contribution in [1.29, 1.82) is 0 Å². The van der Waals surface area contributed by atoms with E-state index in [1.54, 1.807) is 0 Å². The Morgan fingerprint density at radius 1 is 0.765 bits per heavy atom. The molecule has 0 spiro atoms. The van der Waals surface area contributed by atoms with E-state index < -0.39 is 43.3 Å². The highest BCUT2D eigenvalue weighted by Crippen LogP contribution is 2.58. The minimum Gasteiger partial charge on any atom is -0.454 e. The first kappa shape index (κ1) is 23.5. The molecular formula is C22H30F2NO7S2-. The molecule has 8 bridgehead atoms. The zero-order valence-corrected chi connectivity index (χ0v) is 20.4. The second kappa shape index (κ2) is 7.58. The molecule has 0 aromatic rings. The molecule has 0 amide bonds. The van der Waals surface area contributed by atoms with Gasteiger partial charge in [0.05, 0.1) is 6.10 Å². The molecule has 8 saturated carbocycles. The zero-order valence-electron chi connectivity index (χ0n) is 18.8. The van der Waals surface area contributed by atoms with Gasteiger partial charge in [-0.2, -0.15) is 8.78 Å². The number of carbonyl (C=O) groups excluding carboxylic acids is 1. The molecule has 0 radical (unpaired) electrons. The van der Waals surface area contributed by atoms with Crippen LogP contribution in [0.3, 0.4) is 0 Å². The third-order valence-electron chi connectivity index (χ3n) is 9.42. The van der Waals surface area contributed by atoms with Gasteiger partial charge in [0.25, 0.3) is 0 Å². The molecule has 34 heavy (non-hydrogen) atoms. The maximum atomic E-state index is 14.8. The van der Waals surface area contributed by atoms with E-state index in [9.17, 15) is 30.4 Å². The van der Waals surface area contributed by atoms with E-state index >= 15 is 0 Å². The Morgan fingerprint density at radius 2 is 1.21 bits per heavy atom. The lowest BCUT2D eigenvalue weighted by molar-refractivity contribution is -0.201. The van der Waals surface area contributed by atoms with Crippen LogP contribution in [-0.2, 0) is 34.0 Å². The molecule has 0 heterocycles. The SMILES string of the molecule is O=C(OC12CC3CC(CC(C3)C1)C2)C(F)(F)S(=O)(=O)[N-]S(=O)(=O)OC1C2CC3CC(C2)CC1C3. The van der Waals surface area contributed by atoms with Gasteiger partial charge in [-0.1, -0.05) is 0 Å². The predicted octanol–water partition coefficient (Wildman–Crippen LogP) is 3.88. The third-order valence-corrected chi connectivity index (χ3v) is 12.2. The normalized spacial score (nSPS) is 45.0. The number of hydrogen-bond acceptors (Lipinski definition) is 7. The number of halogens is 2. The molecule has 0 unspecified atom stereocenters. The second-order valence-electron chi connectivity index (χ2n) is 12.0. The van der Waals surface area contributed by atoms with E-state index in [4.69, 9.17) is 8.92 Å². The van der Waals surface area contributed by atoms with Crippen molar-refractivity contribution in [3.63, 3.8) is 0 Å². The lowest BCUT2D eigenvalue weighted by Crippen LogP contribution is -2.55. The van der Waals surface area contributed by atoms with Crippen LogP contribution in [-0.4, -0.2) is 39.8 Å². The lowest BCUT2D eigenvalue weighted by atomic mass is 9.54. The highest BCUT2D eigenvalue weighted by atomic mass is 32.3. The molecule has 8 aliphatic carbocycles. The summed E-state index contributed by atoms with van der Waals surface area (Å²) in [6, 6.07) is 0. The minimum absolute atomic E-state index is 0.0505. The fourth-order valence-corrected chi connectivity index (χ4v) is 11.2. The summed E-state index contributed by atoms with van der Waals surface area (Å²) in [6.45, 7) is 0. The Labute approximate surface area is 198 Å². The number of ether oxygens (including phenoxy) is 1. The van der Waals surface area contributed by atoms with Gasteiger partial charge < -0.3 is 8.86 Å². The topological polar surface area (TPSA) is 118 Å². The maximum Gasteiger partial charge on any atom is 0.424 e. The summed E-state index contributed by atoms with van der Waals surface area (Å²) in [5.74, 6) is -0.487. The van der Waals surface area contributed by atoms with E-state index in [1.165, 1.54) is 0 Å². The lowest BCUT2D eigenvalue weighted by Gasteiger charge is -2.55. The summed E-state index contributed by atoms with van der Waals surface area (Å²) in [7, 11) is -11.3. The van der Waals surface area contributed by atoms with Gasteiger partial charge in [-0.3, -0.25) is 4.18 Å². The largest absolute Gasteiger partial charge is 0.454 e. The van der Waals surface area contributed by atoms with Crippen molar-refractivity contribution in [2.24, 2.45) is 41.4 Å². The average molecular weight is 523 g/mol. The molecule has 0 atom stereocenters. The van der Waals surface area contributed by atoms with Crippen molar-refractivity contribution < 1.29 is 39.3 Å². The first-order chi connectivity index (χ1) is 15.8. The summed E-state index contributed by atoms with van der Waals surface area (Å²) in [6.07, 6.45) is 7.72. The Bertz CT molecular complexity index is 1030. The van der Waals surface area contributed by atoms with Crippen molar-refractivity contribution in [1.82, 2.24) is 0 Å². The molecular weight excluding hydrogens is 492 g/mol. The number of nitrogens with zero attached hydrogens (tertiary/aromatic N) is 1. The molecule has 8 rings (SSSR count). The van der Waals surface area contributed by atoms with E-state index in [0.29, 0.717) is 31.1 Å². The molecule has 8 nitrogen and oxygen atoms in total. The molecule has 12 heteroatoms. The average Bonchev–Trinajstić information content (AvgIpc) is 2.68. The van der Waals surface area contributed by atoms with Gasteiger partial charge in [0, 0.05) is 0 Å². The van der Waals surface area contributed by atoms with Gasteiger partial charge in [-0.25, -0.2) is 21.6 Å². The van der Waals surface area contributed by atoms with Gasteiger partial charge in [0.15, 0.2) is 10.0 Å². The summed E-state index contributed by atoms with van der Waals surface area (Å²) < 4.78 is 92.0. The third kappa shape index (κ3) is 3.91. The molecule has 0 aromatic heterocycles. The fourth-order valence-electron chi connectivity index (χ4n) is 8.87. The van der Waals surface area contributed by atoms with Crippen LogP contribution >= 0.6 is 0 Å². The van der Waals surface area contributed by atoms with E-state index in [1.807, 2.05) is 0 Å². The van der Waals surface area contributed by atoms with Gasteiger partial charge in [-0.05, 0) is 112 Å². The van der Waals surface area contributed by atoms with Crippen LogP contribution in [0.5, 0.6) is 0 Å². The molecule has 0 aromatic carbocycles. The van der Waals surface area contributed by atoms with Crippen LogP contribution in [0.1, 0.15) is 70.6 Å². The van der Waals surface area contributed by atoms with E-state index in [2.05, 4.69) is 4.13 Å². The van der Waals surface area contributed by atoms with Crippen LogP contribution < -0.4 is 0 Å². The predicted molar refractivity (Wildman–Crippen MR) is 115 cm³/mol. The van der Waals surface area contributed by atoms with E-state index in [-0.39, 0.29) is 29.6 Å². The molecule has 8 aliphatic rings. The summed E-state index contributed by atoms with van der Waals surface area (Å²) in [5.41, 5.74) is -1.10. The summed E-state index contributed by atoms with van der Waals surface area (Å²) >= 11 is 0. The Hall–Kier alpha value is -0.850. The van der Waals surface area contributed by atoms with Crippen molar-refractivity contribution in [3.05, 3.63) is 4.13 Å². The number of carbonyl (C=O) groups is 1. The van der Waals surface area contributed by atoms with Crippen LogP contribution in [0, 0.1) is 41.4 Å². The maximum absolute atomic E-state index is 14.8.